The number of hydrogen-bond acceptors (Lipinski definition) is 1. The topological polar surface area (TPSA) is 20.3 Å². The summed E-state index contributed by atoms with van der Waals surface area (Å²) in [5.74, 6) is 0.224. The lowest BCUT2D eigenvalue weighted by molar-refractivity contribution is -0.138. The van der Waals surface area contributed by atoms with Gasteiger partial charge in [0, 0.05) is 12.0 Å². The van der Waals surface area contributed by atoms with E-state index in [-0.39, 0.29) is 11.3 Å². The lowest BCUT2D eigenvalue weighted by Gasteiger charge is -2.32. The minimum atomic E-state index is -0.200. The van der Waals surface area contributed by atoms with E-state index < -0.39 is 0 Å². The monoisotopic (exact) mass is 181 g/mol. The molecule has 1 saturated heterocycles. The van der Waals surface area contributed by atoms with Crippen LogP contribution in [0.25, 0.3) is 0 Å². The Labute approximate surface area is 80.6 Å². The van der Waals surface area contributed by atoms with Crippen LogP contribution < -0.4 is 0 Å². The van der Waals surface area contributed by atoms with Crippen LogP contribution in [0.5, 0.6) is 0 Å². The molecule has 0 bridgehead atoms. The van der Waals surface area contributed by atoms with Gasteiger partial charge in [0.25, 0.3) is 0 Å². The first-order chi connectivity index (χ1) is 6.08. The summed E-state index contributed by atoms with van der Waals surface area (Å²) in [6, 6.07) is 0. The van der Waals surface area contributed by atoms with Crippen LogP contribution >= 0.6 is 0 Å². The van der Waals surface area contributed by atoms with Gasteiger partial charge in [0.15, 0.2) is 0 Å². The Kier molecular flexibility index (Phi) is 3.12. The number of carbonyl (C=O) groups is 1. The molecule has 13 heavy (non-hydrogen) atoms. The maximum atomic E-state index is 11.9. The lowest BCUT2D eigenvalue weighted by atomic mass is 9.84. The van der Waals surface area contributed by atoms with Crippen molar-refractivity contribution in [3.8, 4) is 0 Å². The van der Waals surface area contributed by atoms with E-state index in [1.165, 1.54) is 12.8 Å². The summed E-state index contributed by atoms with van der Waals surface area (Å²) in [7, 11) is 0. The zero-order chi connectivity index (χ0) is 9.90. The van der Waals surface area contributed by atoms with E-state index in [2.05, 4.69) is 6.58 Å². The number of rotatable bonds is 1. The van der Waals surface area contributed by atoms with Crippen LogP contribution in [0, 0.1) is 5.41 Å². The van der Waals surface area contributed by atoms with E-state index in [4.69, 9.17) is 0 Å². The molecule has 2 heteroatoms. The predicted molar refractivity (Wildman–Crippen MR) is 54.2 cm³/mol. The molecule has 0 atom stereocenters. The van der Waals surface area contributed by atoms with Crippen molar-refractivity contribution in [2.24, 2.45) is 5.41 Å². The minimum Gasteiger partial charge on any atom is -0.319 e. The summed E-state index contributed by atoms with van der Waals surface area (Å²) in [4.78, 5) is 13.7. The lowest BCUT2D eigenvalue weighted by Crippen LogP contribution is -2.39. The summed E-state index contributed by atoms with van der Waals surface area (Å²) in [5.41, 5.74) is -0.200. The SMILES string of the molecule is C=CN1CCCCCC(C)(C)C1=O. The zero-order valence-electron chi connectivity index (χ0n) is 8.68. The maximum Gasteiger partial charge on any atom is 0.232 e. The largest absolute Gasteiger partial charge is 0.319 e. The first-order valence-corrected chi connectivity index (χ1v) is 5.01. The Morgan fingerprint density at radius 3 is 2.69 bits per heavy atom. The average Bonchev–Trinajstić information content (AvgIpc) is 2.08. The summed E-state index contributed by atoms with van der Waals surface area (Å²) in [5, 5.41) is 0. The van der Waals surface area contributed by atoms with Crippen molar-refractivity contribution in [1.82, 2.24) is 4.90 Å². The van der Waals surface area contributed by atoms with Gasteiger partial charge >= 0.3 is 0 Å². The summed E-state index contributed by atoms with van der Waals surface area (Å²) >= 11 is 0. The number of likely N-dealkylation sites (tertiary alicyclic amines) is 1. The van der Waals surface area contributed by atoms with Gasteiger partial charge in [-0.3, -0.25) is 4.79 Å². The molecule has 1 amide bonds. The maximum absolute atomic E-state index is 11.9. The highest BCUT2D eigenvalue weighted by atomic mass is 16.2. The Balaban J connectivity index is 2.76. The highest BCUT2D eigenvalue weighted by molar-refractivity contribution is 5.82. The molecule has 0 saturated carbocycles. The highest BCUT2D eigenvalue weighted by Crippen LogP contribution is 2.28. The molecule has 0 spiro atoms. The number of amides is 1. The predicted octanol–water partition coefficient (Wildman–Crippen LogP) is 2.56. The first-order valence-electron chi connectivity index (χ1n) is 5.01. The zero-order valence-corrected chi connectivity index (χ0v) is 8.68. The standard InChI is InChI=1S/C11H19NO/c1-4-12-9-7-5-6-8-11(2,3)10(12)13/h4H,1,5-9H2,2-3H3. The molecule has 0 radical (unpaired) electrons. The van der Waals surface area contributed by atoms with Gasteiger partial charge in [-0.2, -0.15) is 0 Å². The third kappa shape index (κ3) is 2.33. The Hall–Kier alpha value is -0.790. The van der Waals surface area contributed by atoms with Gasteiger partial charge in [0.1, 0.15) is 0 Å². The molecular weight excluding hydrogens is 162 g/mol. The van der Waals surface area contributed by atoms with Crippen LogP contribution in [0.4, 0.5) is 0 Å². The molecule has 0 aromatic rings. The van der Waals surface area contributed by atoms with Gasteiger partial charge in [-0.25, -0.2) is 0 Å². The van der Waals surface area contributed by atoms with Gasteiger partial charge < -0.3 is 4.90 Å². The van der Waals surface area contributed by atoms with Crippen LogP contribution in [0.15, 0.2) is 12.8 Å². The summed E-state index contributed by atoms with van der Waals surface area (Å²) in [6.45, 7) is 8.57. The second-order valence-corrected chi connectivity index (χ2v) is 4.38. The molecule has 0 aromatic heterocycles. The second-order valence-electron chi connectivity index (χ2n) is 4.38. The molecule has 0 N–H and O–H groups in total. The Bertz CT molecular complexity index is 208. The third-order valence-electron chi connectivity index (χ3n) is 2.76. The van der Waals surface area contributed by atoms with E-state index in [0.29, 0.717) is 0 Å². The van der Waals surface area contributed by atoms with Gasteiger partial charge in [0.2, 0.25) is 5.91 Å². The van der Waals surface area contributed by atoms with E-state index in [0.717, 1.165) is 19.4 Å². The first kappa shape index (κ1) is 10.3. The van der Waals surface area contributed by atoms with Crippen molar-refractivity contribution >= 4 is 5.91 Å². The molecule has 74 valence electrons. The van der Waals surface area contributed by atoms with Crippen molar-refractivity contribution in [2.75, 3.05) is 6.54 Å². The molecule has 1 aliphatic rings. The molecular formula is C11H19NO. The molecule has 0 aliphatic carbocycles. The fraction of sp³-hybridized carbons (Fsp3) is 0.727. The van der Waals surface area contributed by atoms with E-state index in [1.54, 1.807) is 11.1 Å². The van der Waals surface area contributed by atoms with Crippen molar-refractivity contribution in [2.45, 2.75) is 39.5 Å². The van der Waals surface area contributed by atoms with Crippen molar-refractivity contribution in [3.05, 3.63) is 12.8 Å². The minimum absolute atomic E-state index is 0.200. The number of carbonyl (C=O) groups excluding carboxylic acids is 1. The smallest absolute Gasteiger partial charge is 0.232 e. The van der Waals surface area contributed by atoms with Crippen molar-refractivity contribution in [3.63, 3.8) is 0 Å². The number of hydrogen-bond donors (Lipinski definition) is 0. The Morgan fingerprint density at radius 1 is 1.38 bits per heavy atom. The average molecular weight is 181 g/mol. The van der Waals surface area contributed by atoms with Crippen LogP contribution in [0.1, 0.15) is 39.5 Å². The fourth-order valence-electron chi connectivity index (χ4n) is 1.80. The van der Waals surface area contributed by atoms with E-state index >= 15 is 0 Å². The van der Waals surface area contributed by atoms with Gasteiger partial charge in [0.05, 0.1) is 0 Å². The third-order valence-corrected chi connectivity index (χ3v) is 2.76. The number of nitrogens with zero attached hydrogens (tertiary/aromatic N) is 1. The molecule has 0 aromatic carbocycles. The summed E-state index contributed by atoms with van der Waals surface area (Å²) < 4.78 is 0. The van der Waals surface area contributed by atoms with Crippen LogP contribution in [0.3, 0.4) is 0 Å². The fourth-order valence-corrected chi connectivity index (χ4v) is 1.80. The molecule has 1 fully saturated rings. The quantitative estimate of drug-likeness (QED) is 0.609. The van der Waals surface area contributed by atoms with Crippen LogP contribution in [-0.4, -0.2) is 17.4 Å². The van der Waals surface area contributed by atoms with Crippen LogP contribution in [0.2, 0.25) is 0 Å². The van der Waals surface area contributed by atoms with Crippen LogP contribution in [-0.2, 0) is 4.79 Å². The highest BCUT2D eigenvalue weighted by Gasteiger charge is 2.31. The molecule has 0 unspecified atom stereocenters. The van der Waals surface area contributed by atoms with Gasteiger partial charge in [-0.15, -0.1) is 0 Å². The van der Waals surface area contributed by atoms with E-state index in [1.807, 2.05) is 13.8 Å². The molecule has 1 aliphatic heterocycles. The van der Waals surface area contributed by atoms with Crippen molar-refractivity contribution < 1.29 is 4.79 Å². The molecule has 2 nitrogen and oxygen atoms in total. The second kappa shape index (κ2) is 3.95. The molecule has 1 rings (SSSR count). The van der Waals surface area contributed by atoms with Gasteiger partial charge in [-0.1, -0.05) is 33.3 Å². The van der Waals surface area contributed by atoms with Crippen molar-refractivity contribution in [1.29, 1.82) is 0 Å². The van der Waals surface area contributed by atoms with E-state index in [9.17, 15) is 4.79 Å². The Morgan fingerprint density at radius 2 is 2.08 bits per heavy atom. The normalized spacial score (nSPS) is 23.5. The summed E-state index contributed by atoms with van der Waals surface area (Å²) in [6.07, 6.45) is 6.16. The van der Waals surface area contributed by atoms with Gasteiger partial charge in [-0.05, 0) is 19.0 Å². The molecule has 1 heterocycles.